The number of fused-ring (bicyclic) bond motifs is 1. The van der Waals surface area contributed by atoms with E-state index in [1.54, 1.807) is 18.4 Å². The molecule has 21 heavy (non-hydrogen) atoms. The summed E-state index contributed by atoms with van der Waals surface area (Å²) >= 11 is 1.76. The Balaban J connectivity index is 1.58. The van der Waals surface area contributed by atoms with Gasteiger partial charge in [0.05, 0.1) is 18.0 Å². The molecular formula is C15H24N4OS. The van der Waals surface area contributed by atoms with Gasteiger partial charge in [-0.25, -0.2) is 4.98 Å². The largest absolute Gasteiger partial charge is 0.383 e. The van der Waals surface area contributed by atoms with E-state index in [-0.39, 0.29) is 0 Å². The summed E-state index contributed by atoms with van der Waals surface area (Å²) in [7, 11) is 1.77. The van der Waals surface area contributed by atoms with Crippen molar-refractivity contribution in [1.82, 2.24) is 19.6 Å². The van der Waals surface area contributed by atoms with Crippen molar-refractivity contribution in [3.63, 3.8) is 0 Å². The highest BCUT2D eigenvalue weighted by molar-refractivity contribution is 7.17. The second-order valence-corrected chi connectivity index (χ2v) is 7.01. The van der Waals surface area contributed by atoms with Gasteiger partial charge in [-0.05, 0) is 26.8 Å². The summed E-state index contributed by atoms with van der Waals surface area (Å²) < 4.78 is 7.39. The Labute approximate surface area is 129 Å². The molecule has 3 rings (SSSR count). The van der Waals surface area contributed by atoms with Gasteiger partial charge < -0.3 is 10.1 Å². The molecule has 3 heterocycles. The summed E-state index contributed by atoms with van der Waals surface area (Å²) in [5.74, 6) is 0. The van der Waals surface area contributed by atoms with Gasteiger partial charge in [0.1, 0.15) is 0 Å². The third-order valence-corrected chi connectivity index (χ3v) is 5.08. The van der Waals surface area contributed by atoms with Crippen LogP contribution in [0.15, 0.2) is 6.20 Å². The molecule has 6 heteroatoms. The van der Waals surface area contributed by atoms with Crippen LogP contribution in [0.1, 0.15) is 22.7 Å². The number of aryl methyl sites for hydroxylation is 2. The molecule has 0 radical (unpaired) electrons. The standard InChI is InChI=1S/C15H24N4OS/c1-11-9-19-14(12(2)17-15(19)21-11)8-16-13-4-5-18(10-13)6-7-20-3/h9,13,16H,4-8,10H2,1-3H3/t13-/m0/s1. The lowest BCUT2D eigenvalue weighted by Crippen LogP contribution is -2.33. The van der Waals surface area contributed by atoms with Crippen LogP contribution in [0.2, 0.25) is 0 Å². The molecule has 1 N–H and O–H groups in total. The molecule has 1 saturated heterocycles. The molecular weight excluding hydrogens is 284 g/mol. The van der Waals surface area contributed by atoms with E-state index in [1.165, 1.54) is 23.5 Å². The third-order valence-electron chi connectivity index (χ3n) is 4.18. The molecule has 1 aliphatic rings. The summed E-state index contributed by atoms with van der Waals surface area (Å²) in [6.45, 7) is 9.28. The fraction of sp³-hybridized carbons (Fsp3) is 0.667. The highest BCUT2D eigenvalue weighted by Gasteiger charge is 2.22. The Bertz CT molecular complexity index is 606. The number of hydrogen-bond donors (Lipinski definition) is 1. The fourth-order valence-electron chi connectivity index (χ4n) is 2.99. The van der Waals surface area contributed by atoms with Crippen LogP contribution in [0, 0.1) is 13.8 Å². The summed E-state index contributed by atoms with van der Waals surface area (Å²) in [6, 6.07) is 0.575. The van der Waals surface area contributed by atoms with Crippen LogP contribution < -0.4 is 5.32 Å². The number of thiazole rings is 1. The highest BCUT2D eigenvalue weighted by Crippen LogP contribution is 2.21. The van der Waals surface area contributed by atoms with Crippen LogP contribution in [0.25, 0.3) is 4.96 Å². The van der Waals surface area contributed by atoms with E-state index >= 15 is 0 Å². The van der Waals surface area contributed by atoms with Crippen molar-refractivity contribution in [1.29, 1.82) is 0 Å². The number of methoxy groups -OCH3 is 1. The van der Waals surface area contributed by atoms with Crippen LogP contribution >= 0.6 is 11.3 Å². The van der Waals surface area contributed by atoms with Crippen LogP contribution in [0.3, 0.4) is 0 Å². The van der Waals surface area contributed by atoms with Crippen molar-refractivity contribution in [2.24, 2.45) is 0 Å². The van der Waals surface area contributed by atoms with Gasteiger partial charge in [0.2, 0.25) is 0 Å². The van der Waals surface area contributed by atoms with Gasteiger partial charge in [-0.2, -0.15) is 0 Å². The number of imidazole rings is 1. The van der Waals surface area contributed by atoms with Crippen molar-refractivity contribution in [2.75, 3.05) is 33.4 Å². The van der Waals surface area contributed by atoms with Crippen molar-refractivity contribution in [3.8, 4) is 0 Å². The summed E-state index contributed by atoms with van der Waals surface area (Å²) in [6.07, 6.45) is 3.41. The summed E-state index contributed by atoms with van der Waals surface area (Å²) in [5.41, 5.74) is 2.44. The maximum Gasteiger partial charge on any atom is 0.194 e. The third kappa shape index (κ3) is 3.29. The van der Waals surface area contributed by atoms with E-state index in [0.717, 1.165) is 36.9 Å². The molecule has 116 valence electrons. The average Bonchev–Trinajstić information content (AvgIpc) is 3.10. The zero-order valence-electron chi connectivity index (χ0n) is 13.1. The molecule has 0 aromatic carbocycles. The van der Waals surface area contributed by atoms with E-state index in [4.69, 9.17) is 4.74 Å². The lowest BCUT2D eigenvalue weighted by Gasteiger charge is -2.16. The van der Waals surface area contributed by atoms with Crippen molar-refractivity contribution in [3.05, 3.63) is 22.5 Å². The van der Waals surface area contributed by atoms with Crippen LogP contribution in [0.5, 0.6) is 0 Å². The molecule has 5 nitrogen and oxygen atoms in total. The van der Waals surface area contributed by atoms with E-state index in [0.29, 0.717) is 6.04 Å². The monoisotopic (exact) mass is 308 g/mol. The molecule has 1 aliphatic heterocycles. The molecule has 0 saturated carbocycles. The lowest BCUT2D eigenvalue weighted by atomic mass is 10.2. The van der Waals surface area contributed by atoms with Gasteiger partial charge in [-0.1, -0.05) is 0 Å². The van der Waals surface area contributed by atoms with Gasteiger partial charge in [0, 0.05) is 43.9 Å². The fourth-order valence-corrected chi connectivity index (χ4v) is 3.88. The summed E-state index contributed by atoms with van der Waals surface area (Å²) in [4.78, 5) is 9.53. The Morgan fingerprint density at radius 1 is 1.48 bits per heavy atom. The molecule has 0 aliphatic carbocycles. The van der Waals surface area contributed by atoms with E-state index < -0.39 is 0 Å². The highest BCUT2D eigenvalue weighted by atomic mass is 32.1. The minimum atomic E-state index is 0.575. The first-order chi connectivity index (χ1) is 10.2. The van der Waals surface area contributed by atoms with E-state index in [1.807, 2.05) is 0 Å². The second-order valence-electron chi connectivity index (χ2n) is 5.80. The quantitative estimate of drug-likeness (QED) is 0.884. The topological polar surface area (TPSA) is 41.8 Å². The smallest absolute Gasteiger partial charge is 0.194 e. The minimum Gasteiger partial charge on any atom is -0.383 e. The lowest BCUT2D eigenvalue weighted by molar-refractivity contribution is 0.159. The first-order valence-electron chi connectivity index (χ1n) is 7.56. The van der Waals surface area contributed by atoms with E-state index in [2.05, 4.69) is 39.6 Å². The van der Waals surface area contributed by atoms with Crippen LogP contribution in [-0.4, -0.2) is 53.7 Å². The van der Waals surface area contributed by atoms with Gasteiger partial charge in [0.15, 0.2) is 4.96 Å². The van der Waals surface area contributed by atoms with Gasteiger partial charge in [-0.15, -0.1) is 11.3 Å². The predicted octanol–water partition coefficient (Wildman–Crippen LogP) is 1.82. The molecule has 1 fully saturated rings. The number of nitrogens with zero attached hydrogens (tertiary/aromatic N) is 3. The molecule has 2 aromatic rings. The zero-order chi connectivity index (χ0) is 14.8. The van der Waals surface area contributed by atoms with E-state index in [9.17, 15) is 0 Å². The maximum atomic E-state index is 5.15. The molecule has 1 atom stereocenters. The normalized spacial score (nSPS) is 19.9. The average molecular weight is 308 g/mol. The van der Waals surface area contributed by atoms with Gasteiger partial charge >= 0.3 is 0 Å². The summed E-state index contributed by atoms with van der Waals surface area (Å²) in [5, 5.41) is 3.69. The zero-order valence-corrected chi connectivity index (χ0v) is 13.9. The molecule has 0 spiro atoms. The number of rotatable bonds is 6. The van der Waals surface area contributed by atoms with Crippen LogP contribution in [-0.2, 0) is 11.3 Å². The SMILES string of the molecule is COCCN1CC[C@H](NCc2c(C)nc3sc(C)cn23)C1. The van der Waals surface area contributed by atoms with Crippen molar-refractivity contribution in [2.45, 2.75) is 32.9 Å². The van der Waals surface area contributed by atoms with Crippen LogP contribution in [0.4, 0.5) is 0 Å². The molecule has 0 bridgehead atoms. The number of likely N-dealkylation sites (tertiary alicyclic amines) is 1. The first kappa shape index (κ1) is 15.0. The number of ether oxygens (including phenoxy) is 1. The Morgan fingerprint density at radius 3 is 3.14 bits per heavy atom. The molecule has 0 unspecified atom stereocenters. The molecule has 0 amide bonds. The number of hydrogen-bond acceptors (Lipinski definition) is 5. The Hall–Kier alpha value is -0.950. The second kappa shape index (κ2) is 6.44. The maximum absolute atomic E-state index is 5.15. The minimum absolute atomic E-state index is 0.575. The molecule has 2 aromatic heterocycles. The Kier molecular flexibility index (Phi) is 4.59. The van der Waals surface area contributed by atoms with Gasteiger partial charge in [0.25, 0.3) is 0 Å². The number of nitrogens with one attached hydrogen (secondary N) is 1. The van der Waals surface area contributed by atoms with Gasteiger partial charge in [-0.3, -0.25) is 9.30 Å². The van der Waals surface area contributed by atoms with Crippen molar-refractivity contribution < 1.29 is 4.74 Å². The first-order valence-corrected chi connectivity index (χ1v) is 8.37. The Morgan fingerprint density at radius 2 is 2.33 bits per heavy atom. The predicted molar refractivity (Wildman–Crippen MR) is 86.1 cm³/mol. The van der Waals surface area contributed by atoms with Crippen molar-refractivity contribution >= 4 is 16.3 Å². The number of aromatic nitrogens is 2.